The highest BCUT2D eigenvalue weighted by Crippen LogP contribution is 2.19. The van der Waals surface area contributed by atoms with Gasteiger partial charge in [-0.15, -0.1) is 0 Å². The Morgan fingerprint density at radius 1 is 1.39 bits per heavy atom. The lowest BCUT2D eigenvalue weighted by Crippen LogP contribution is -2.45. The van der Waals surface area contributed by atoms with Gasteiger partial charge in [-0.05, 0) is 37.5 Å². The van der Waals surface area contributed by atoms with Crippen molar-refractivity contribution in [1.82, 2.24) is 10.2 Å². The number of sulfone groups is 1. The highest BCUT2D eigenvalue weighted by Gasteiger charge is 2.32. The fourth-order valence-electron chi connectivity index (χ4n) is 2.55. The first kappa shape index (κ1) is 17.6. The van der Waals surface area contributed by atoms with Gasteiger partial charge < -0.3 is 15.0 Å². The monoisotopic (exact) mass is 340 g/mol. The van der Waals surface area contributed by atoms with E-state index in [0.717, 1.165) is 16.9 Å². The van der Waals surface area contributed by atoms with Crippen LogP contribution in [0.15, 0.2) is 18.2 Å². The first-order chi connectivity index (χ1) is 10.8. The SMILES string of the molecule is Cc1ccc(C)c(OCCNC(=O)N(C)C2CCS(=O)(=O)C2)c1. The molecule has 2 rings (SSSR count). The van der Waals surface area contributed by atoms with Gasteiger partial charge in [-0.3, -0.25) is 0 Å². The molecule has 0 aromatic heterocycles. The van der Waals surface area contributed by atoms with E-state index in [2.05, 4.69) is 5.32 Å². The number of nitrogens with zero attached hydrogens (tertiary/aromatic N) is 1. The lowest BCUT2D eigenvalue weighted by molar-refractivity contribution is 0.192. The third-order valence-electron chi connectivity index (χ3n) is 4.06. The molecule has 1 N–H and O–H groups in total. The van der Waals surface area contributed by atoms with Gasteiger partial charge in [0.05, 0.1) is 18.1 Å². The molecular weight excluding hydrogens is 316 g/mol. The van der Waals surface area contributed by atoms with E-state index in [1.807, 2.05) is 32.0 Å². The van der Waals surface area contributed by atoms with Crippen LogP contribution in [0.3, 0.4) is 0 Å². The molecule has 0 radical (unpaired) electrons. The predicted molar refractivity (Wildman–Crippen MR) is 89.6 cm³/mol. The summed E-state index contributed by atoms with van der Waals surface area (Å²) >= 11 is 0. The number of amides is 2. The molecule has 0 spiro atoms. The van der Waals surface area contributed by atoms with E-state index in [4.69, 9.17) is 4.74 Å². The minimum Gasteiger partial charge on any atom is -0.491 e. The molecule has 1 atom stereocenters. The topological polar surface area (TPSA) is 75.7 Å². The van der Waals surface area contributed by atoms with Crippen molar-refractivity contribution in [2.45, 2.75) is 26.3 Å². The molecule has 23 heavy (non-hydrogen) atoms. The first-order valence-electron chi connectivity index (χ1n) is 7.69. The second kappa shape index (κ2) is 7.21. The number of aryl methyl sites for hydroxylation is 2. The Kier molecular flexibility index (Phi) is 5.51. The summed E-state index contributed by atoms with van der Waals surface area (Å²) in [6.45, 7) is 4.71. The molecule has 0 saturated carbocycles. The fourth-order valence-corrected chi connectivity index (χ4v) is 4.33. The van der Waals surface area contributed by atoms with Crippen molar-refractivity contribution < 1.29 is 17.9 Å². The van der Waals surface area contributed by atoms with Crippen LogP contribution in [-0.4, -0.2) is 57.1 Å². The third kappa shape index (κ3) is 4.86. The Balaban J connectivity index is 1.75. The zero-order valence-electron chi connectivity index (χ0n) is 13.8. The van der Waals surface area contributed by atoms with Crippen molar-refractivity contribution in [2.24, 2.45) is 0 Å². The molecule has 0 aliphatic carbocycles. The van der Waals surface area contributed by atoms with Crippen LogP contribution in [0.25, 0.3) is 0 Å². The van der Waals surface area contributed by atoms with Gasteiger partial charge in [-0.25, -0.2) is 13.2 Å². The molecule has 0 bridgehead atoms. The molecular formula is C16H24N2O4S. The molecule has 1 heterocycles. The van der Waals surface area contributed by atoms with Crippen molar-refractivity contribution in [3.8, 4) is 5.75 Å². The number of rotatable bonds is 5. The molecule has 1 aliphatic rings. The van der Waals surface area contributed by atoms with Crippen molar-refractivity contribution in [3.05, 3.63) is 29.3 Å². The molecule has 1 aromatic rings. The number of hydrogen-bond acceptors (Lipinski definition) is 4. The summed E-state index contributed by atoms with van der Waals surface area (Å²) in [4.78, 5) is 13.5. The van der Waals surface area contributed by atoms with Crippen LogP contribution in [0, 0.1) is 13.8 Å². The summed E-state index contributed by atoms with van der Waals surface area (Å²) in [6, 6.07) is 5.48. The average Bonchev–Trinajstić information content (AvgIpc) is 2.86. The van der Waals surface area contributed by atoms with Gasteiger partial charge in [0.15, 0.2) is 9.84 Å². The molecule has 7 heteroatoms. The quantitative estimate of drug-likeness (QED) is 0.825. The van der Waals surface area contributed by atoms with Gasteiger partial charge in [-0.1, -0.05) is 12.1 Å². The molecule has 6 nitrogen and oxygen atoms in total. The molecule has 1 saturated heterocycles. The number of benzene rings is 1. The van der Waals surface area contributed by atoms with Crippen LogP contribution >= 0.6 is 0 Å². The van der Waals surface area contributed by atoms with E-state index in [1.165, 1.54) is 4.90 Å². The van der Waals surface area contributed by atoms with E-state index >= 15 is 0 Å². The van der Waals surface area contributed by atoms with E-state index in [9.17, 15) is 13.2 Å². The summed E-state index contributed by atoms with van der Waals surface area (Å²) in [5.74, 6) is 1.02. The highest BCUT2D eigenvalue weighted by atomic mass is 32.2. The smallest absolute Gasteiger partial charge is 0.317 e. The number of carbonyl (C=O) groups excluding carboxylic acids is 1. The molecule has 128 valence electrons. The van der Waals surface area contributed by atoms with Crippen molar-refractivity contribution in [1.29, 1.82) is 0 Å². The number of nitrogens with one attached hydrogen (secondary N) is 1. The zero-order chi connectivity index (χ0) is 17.0. The van der Waals surface area contributed by atoms with Crippen LogP contribution in [-0.2, 0) is 9.84 Å². The second-order valence-electron chi connectivity index (χ2n) is 6.02. The number of carbonyl (C=O) groups is 1. The van der Waals surface area contributed by atoms with Gasteiger partial charge in [0.25, 0.3) is 0 Å². The summed E-state index contributed by atoms with van der Waals surface area (Å²) in [6.07, 6.45) is 0.505. The summed E-state index contributed by atoms with van der Waals surface area (Å²) in [7, 11) is -1.36. The Morgan fingerprint density at radius 2 is 2.13 bits per heavy atom. The van der Waals surface area contributed by atoms with Gasteiger partial charge >= 0.3 is 6.03 Å². The van der Waals surface area contributed by atoms with E-state index in [-0.39, 0.29) is 23.6 Å². The van der Waals surface area contributed by atoms with Crippen molar-refractivity contribution >= 4 is 15.9 Å². The van der Waals surface area contributed by atoms with Crippen LogP contribution in [0.4, 0.5) is 4.79 Å². The summed E-state index contributed by atoms with van der Waals surface area (Å²) in [5.41, 5.74) is 2.17. The summed E-state index contributed by atoms with van der Waals surface area (Å²) in [5, 5.41) is 2.76. The van der Waals surface area contributed by atoms with Crippen LogP contribution in [0.5, 0.6) is 5.75 Å². The zero-order valence-corrected chi connectivity index (χ0v) is 14.6. The van der Waals surface area contributed by atoms with Gasteiger partial charge in [0.2, 0.25) is 0 Å². The lowest BCUT2D eigenvalue weighted by atomic mass is 10.1. The van der Waals surface area contributed by atoms with Crippen LogP contribution in [0.2, 0.25) is 0 Å². The lowest BCUT2D eigenvalue weighted by Gasteiger charge is -2.23. The first-order valence-corrected chi connectivity index (χ1v) is 9.52. The minimum absolute atomic E-state index is 0.0515. The molecule has 1 aromatic carbocycles. The Bertz CT molecular complexity index is 673. The highest BCUT2D eigenvalue weighted by molar-refractivity contribution is 7.91. The number of ether oxygens (including phenoxy) is 1. The normalized spacial score (nSPS) is 19.3. The van der Waals surface area contributed by atoms with Crippen LogP contribution < -0.4 is 10.1 Å². The maximum absolute atomic E-state index is 12.0. The van der Waals surface area contributed by atoms with E-state index < -0.39 is 9.84 Å². The molecule has 2 amide bonds. The largest absolute Gasteiger partial charge is 0.491 e. The maximum Gasteiger partial charge on any atom is 0.317 e. The molecule has 1 fully saturated rings. The van der Waals surface area contributed by atoms with Gasteiger partial charge in [0, 0.05) is 13.1 Å². The Morgan fingerprint density at radius 3 is 2.78 bits per heavy atom. The third-order valence-corrected chi connectivity index (χ3v) is 5.81. The Labute approximate surface area is 137 Å². The van der Waals surface area contributed by atoms with E-state index in [0.29, 0.717) is 19.6 Å². The maximum atomic E-state index is 12.0. The fraction of sp³-hybridized carbons (Fsp3) is 0.562. The predicted octanol–water partition coefficient (Wildman–Crippen LogP) is 1.51. The summed E-state index contributed by atoms with van der Waals surface area (Å²) < 4.78 is 28.6. The van der Waals surface area contributed by atoms with Crippen molar-refractivity contribution in [2.75, 3.05) is 31.7 Å². The average molecular weight is 340 g/mol. The molecule has 1 unspecified atom stereocenters. The standard InChI is InChI=1S/C16H24N2O4S/c1-12-4-5-13(2)15(10-12)22-8-7-17-16(19)18(3)14-6-9-23(20,21)11-14/h4-5,10,14H,6-9,11H2,1-3H3,(H,17,19). The van der Waals surface area contributed by atoms with Crippen LogP contribution in [0.1, 0.15) is 17.5 Å². The second-order valence-corrected chi connectivity index (χ2v) is 8.25. The van der Waals surface area contributed by atoms with Crippen molar-refractivity contribution in [3.63, 3.8) is 0 Å². The number of urea groups is 1. The number of hydrogen-bond donors (Lipinski definition) is 1. The van der Waals surface area contributed by atoms with Gasteiger partial charge in [0.1, 0.15) is 12.4 Å². The van der Waals surface area contributed by atoms with E-state index in [1.54, 1.807) is 7.05 Å². The van der Waals surface area contributed by atoms with Gasteiger partial charge in [-0.2, -0.15) is 0 Å². The Hall–Kier alpha value is -1.76. The molecule has 1 aliphatic heterocycles. The minimum atomic E-state index is -2.99.